The van der Waals surface area contributed by atoms with Crippen molar-refractivity contribution >= 4 is 55.7 Å². The Hall–Kier alpha value is 0.705. The lowest BCUT2D eigenvalue weighted by molar-refractivity contribution is -0.218. The van der Waals surface area contributed by atoms with Gasteiger partial charge in [0.2, 0.25) is 6.29 Å². The number of hydrogen-bond donors (Lipinski definition) is 1. The van der Waals surface area contributed by atoms with Gasteiger partial charge in [-0.2, -0.15) is 12.2 Å². The predicted molar refractivity (Wildman–Crippen MR) is 86.7 cm³/mol. The molecule has 1 rings (SSSR count). The van der Waals surface area contributed by atoms with E-state index in [-0.39, 0.29) is 18.0 Å². The van der Waals surface area contributed by atoms with Crippen LogP contribution in [0.3, 0.4) is 0 Å². The van der Waals surface area contributed by atoms with Gasteiger partial charge in [0.25, 0.3) is 0 Å². The summed E-state index contributed by atoms with van der Waals surface area (Å²) in [5, 5.41) is 0. The van der Waals surface area contributed by atoms with Crippen LogP contribution in [-0.4, -0.2) is 32.2 Å². The highest BCUT2D eigenvalue weighted by Crippen LogP contribution is 2.26. The standard InChI is InChI=1S/C10H17BIO4PS/c1-6(5-12)10-15-8(3-4-14-11-17-18)7(2)9(13)16-10/h5,7-8,10-11,17-18H,3-4H2,1-2H3/b6-5+/t7-,8+,10+/m0/s1. The van der Waals surface area contributed by atoms with Gasteiger partial charge in [0.15, 0.2) is 0 Å². The van der Waals surface area contributed by atoms with Crippen molar-refractivity contribution < 1.29 is 18.9 Å². The Morgan fingerprint density at radius 3 is 3.06 bits per heavy atom. The molecular formula is C10H17BIO4PS. The van der Waals surface area contributed by atoms with Gasteiger partial charge in [-0.25, -0.2) is 0 Å². The third-order valence-corrected chi connectivity index (χ3v) is 4.41. The number of ether oxygens (including phenoxy) is 2. The first-order valence-electron chi connectivity index (χ1n) is 5.67. The zero-order valence-electron chi connectivity index (χ0n) is 10.4. The summed E-state index contributed by atoms with van der Waals surface area (Å²) < 4.78 is 18.3. The molecule has 18 heavy (non-hydrogen) atoms. The molecular weight excluding hydrogens is 385 g/mol. The second-order valence-corrected chi connectivity index (χ2v) is 6.26. The van der Waals surface area contributed by atoms with E-state index >= 15 is 0 Å². The lowest BCUT2D eigenvalue weighted by Crippen LogP contribution is -2.43. The molecule has 0 aromatic carbocycles. The van der Waals surface area contributed by atoms with E-state index in [1.807, 2.05) is 17.9 Å². The first-order valence-corrected chi connectivity index (χ1v) is 9.41. The molecule has 0 N–H and O–H groups in total. The molecule has 1 heterocycles. The van der Waals surface area contributed by atoms with Crippen molar-refractivity contribution in [1.29, 1.82) is 0 Å². The van der Waals surface area contributed by atoms with Gasteiger partial charge in [-0.15, -0.1) is 0 Å². The van der Waals surface area contributed by atoms with Crippen molar-refractivity contribution in [3.8, 4) is 0 Å². The van der Waals surface area contributed by atoms with Crippen LogP contribution in [0.5, 0.6) is 0 Å². The molecule has 102 valence electrons. The summed E-state index contributed by atoms with van der Waals surface area (Å²) in [4.78, 5) is 11.7. The van der Waals surface area contributed by atoms with Gasteiger partial charge in [0.05, 0.1) is 12.0 Å². The number of cyclic esters (lactones) is 1. The van der Waals surface area contributed by atoms with Gasteiger partial charge < -0.3 is 14.1 Å². The van der Waals surface area contributed by atoms with E-state index in [1.165, 1.54) is 0 Å². The van der Waals surface area contributed by atoms with Crippen LogP contribution in [0.25, 0.3) is 0 Å². The Balaban J connectivity index is 2.51. The highest BCUT2D eigenvalue weighted by atomic mass is 127. The van der Waals surface area contributed by atoms with Crippen LogP contribution >= 0.6 is 42.5 Å². The minimum absolute atomic E-state index is 0.147. The van der Waals surface area contributed by atoms with Crippen LogP contribution in [0.15, 0.2) is 9.66 Å². The molecule has 0 saturated carbocycles. The molecule has 1 fully saturated rings. The molecule has 0 aromatic rings. The summed E-state index contributed by atoms with van der Waals surface area (Å²) in [7, 11) is 1.13. The Labute approximate surface area is 129 Å². The number of carbonyl (C=O) groups is 1. The van der Waals surface area contributed by atoms with Crippen LogP contribution in [0, 0.1) is 5.92 Å². The maximum absolute atomic E-state index is 11.7. The van der Waals surface area contributed by atoms with Crippen molar-refractivity contribution in [2.24, 2.45) is 5.92 Å². The summed E-state index contributed by atoms with van der Waals surface area (Å²) >= 11 is 6.20. The summed E-state index contributed by atoms with van der Waals surface area (Å²) in [6.45, 7) is 4.29. The highest BCUT2D eigenvalue weighted by Gasteiger charge is 2.36. The normalized spacial score (nSPS) is 29.7. The van der Waals surface area contributed by atoms with Gasteiger partial charge in [0.1, 0.15) is 0 Å². The van der Waals surface area contributed by atoms with Crippen LogP contribution in [0.2, 0.25) is 0 Å². The lowest BCUT2D eigenvalue weighted by atomic mass is 10.0. The molecule has 1 saturated heterocycles. The van der Waals surface area contributed by atoms with E-state index < -0.39 is 6.29 Å². The Morgan fingerprint density at radius 1 is 1.72 bits per heavy atom. The largest absolute Gasteiger partial charge is 0.434 e. The number of rotatable bonds is 6. The fourth-order valence-corrected chi connectivity index (χ4v) is 2.36. The van der Waals surface area contributed by atoms with Gasteiger partial charge >= 0.3 is 13.2 Å². The molecule has 1 unspecified atom stereocenters. The Bertz CT molecular complexity index is 318. The number of esters is 1. The van der Waals surface area contributed by atoms with Crippen molar-refractivity contribution in [3.63, 3.8) is 0 Å². The van der Waals surface area contributed by atoms with Crippen LogP contribution in [-0.2, 0) is 18.9 Å². The van der Waals surface area contributed by atoms with Gasteiger partial charge in [-0.1, -0.05) is 30.3 Å². The number of thiol groups is 1. The molecule has 0 bridgehead atoms. The van der Waals surface area contributed by atoms with Crippen molar-refractivity contribution in [3.05, 3.63) is 9.66 Å². The molecule has 4 atom stereocenters. The van der Waals surface area contributed by atoms with Crippen molar-refractivity contribution in [1.82, 2.24) is 0 Å². The zero-order chi connectivity index (χ0) is 13.5. The summed E-state index contributed by atoms with van der Waals surface area (Å²) in [6, 6.07) is 0. The van der Waals surface area contributed by atoms with E-state index in [0.29, 0.717) is 27.9 Å². The van der Waals surface area contributed by atoms with Gasteiger partial charge in [-0.3, -0.25) is 4.79 Å². The Morgan fingerprint density at radius 2 is 2.44 bits per heavy atom. The monoisotopic (exact) mass is 402 g/mol. The van der Waals surface area contributed by atoms with E-state index in [9.17, 15) is 4.79 Å². The number of carbonyl (C=O) groups excluding carboxylic acids is 1. The lowest BCUT2D eigenvalue weighted by Gasteiger charge is -2.34. The average Bonchev–Trinajstić information content (AvgIpc) is 2.38. The quantitative estimate of drug-likeness (QED) is 0.185. The minimum Gasteiger partial charge on any atom is -0.434 e. The number of hydrogen-bond acceptors (Lipinski definition) is 5. The smallest absolute Gasteiger partial charge is 0.313 e. The first kappa shape index (κ1) is 16.8. The molecule has 1 aliphatic heterocycles. The summed E-state index contributed by atoms with van der Waals surface area (Å²) in [6.07, 6.45) is -0.00678. The molecule has 1 aliphatic rings. The zero-order valence-corrected chi connectivity index (χ0v) is 14.4. The summed E-state index contributed by atoms with van der Waals surface area (Å²) in [5.74, 6) is -0.449. The average molecular weight is 402 g/mol. The maximum Gasteiger partial charge on any atom is 0.313 e. The molecule has 0 radical (unpaired) electrons. The SMILES string of the molecule is C/C(=C\I)[C@H]1OC(=O)[C@@H](C)[C@@H](CCOBPS)O1. The summed E-state index contributed by atoms with van der Waals surface area (Å²) in [5.41, 5.74) is 0.901. The fourth-order valence-electron chi connectivity index (χ4n) is 1.56. The van der Waals surface area contributed by atoms with Crippen LogP contribution < -0.4 is 0 Å². The van der Waals surface area contributed by atoms with E-state index in [1.54, 1.807) is 0 Å². The van der Waals surface area contributed by atoms with Crippen LogP contribution in [0.1, 0.15) is 20.3 Å². The molecule has 0 amide bonds. The third kappa shape index (κ3) is 5.00. The van der Waals surface area contributed by atoms with E-state index in [0.717, 1.165) is 5.57 Å². The van der Waals surface area contributed by atoms with E-state index in [4.69, 9.17) is 14.1 Å². The molecule has 0 aliphatic carbocycles. The molecule has 4 nitrogen and oxygen atoms in total. The molecule has 0 spiro atoms. The van der Waals surface area contributed by atoms with Gasteiger partial charge in [-0.05, 0) is 24.4 Å². The fraction of sp³-hybridized carbons (Fsp3) is 0.700. The first-order chi connectivity index (χ1) is 8.60. The second-order valence-electron chi connectivity index (χ2n) is 4.08. The second kappa shape index (κ2) is 8.79. The van der Waals surface area contributed by atoms with Crippen molar-refractivity contribution in [2.75, 3.05) is 6.61 Å². The highest BCUT2D eigenvalue weighted by molar-refractivity contribution is 14.1. The molecule has 8 heteroatoms. The predicted octanol–water partition coefficient (Wildman–Crippen LogP) is 2.43. The number of halogens is 1. The van der Waals surface area contributed by atoms with E-state index in [2.05, 4.69) is 34.8 Å². The maximum atomic E-state index is 11.7. The third-order valence-electron chi connectivity index (χ3n) is 2.71. The van der Waals surface area contributed by atoms with Gasteiger partial charge in [0, 0.05) is 12.2 Å². The Kier molecular flexibility index (Phi) is 8.19. The topological polar surface area (TPSA) is 44.8 Å². The molecule has 0 aromatic heterocycles. The van der Waals surface area contributed by atoms with Crippen LogP contribution in [0.4, 0.5) is 0 Å². The minimum atomic E-state index is -0.553. The van der Waals surface area contributed by atoms with Crippen molar-refractivity contribution in [2.45, 2.75) is 32.7 Å².